The van der Waals surface area contributed by atoms with E-state index in [1.807, 2.05) is 6.07 Å². The fraction of sp³-hybridized carbons (Fsp3) is 0.103. The van der Waals surface area contributed by atoms with Gasteiger partial charge in [0.05, 0.1) is 16.1 Å². The van der Waals surface area contributed by atoms with Gasteiger partial charge in [-0.3, -0.25) is 0 Å². The van der Waals surface area contributed by atoms with Crippen molar-refractivity contribution in [2.75, 3.05) is 9.80 Å². The number of rotatable bonds is 11. The average Bonchev–Trinajstić information content (AvgIpc) is 3.30. The van der Waals surface area contributed by atoms with Gasteiger partial charge in [-0.2, -0.15) is 0 Å². The highest BCUT2D eigenvalue weighted by Crippen LogP contribution is 2.42. The van der Waals surface area contributed by atoms with Crippen molar-refractivity contribution in [3.05, 3.63) is 212 Å². The Hall–Kier alpha value is -6.93. The molecule has 0 aliphatic carbocycles. The molecule has 0 aromatic heterocycles. The van der Waals surface area contributed by atoms with Crippen LogP contribution in [0.4, 0.5) is 34.1 Å². The molecule has 0 aliphatic rings. The second-order valence-electron chi connectivity index (χ2n) is 18.5. The Morgan fingerprint density at radius 1 is 0.302 bits per heavy atom. The highest BCUT2D eigenvalue weighted by atomic mass is 28.3. The van der Waals surface area contributed by atoms with Crippen molar-refractivity contribution in [1.82, 2.24) is 0 Å². The maximum absolute atomic E-state index is 11.7. The monoisotopic (exact) mass is 850 g/mol. The van der Waals surface area contributed by atoms with Gasteiger partial charge in [0.15, 0.2) is 0 Å². The molecule has 0 atom stereocenters. The topological polar surface area (TPSA) is 26.7 Å². The van der Waals surface area contributed by atoms with E-state index in [0.29, 0.717) is 0 Å². The van der Waals surface area contributed by atoms with Crippen LogP contribution in [0.3, 0.4) is 0 Å². The van der Waals surface area contributed by atoms with Crippen molar-refractivity contribution in [2.24, 2.45) is 0 Å². The Morgan fingerprint density at radius 3 is 1.06 bits per heavy atom. The van der Waals surface area contributed by atoms with Crippen LogP contribution in [0.1, 0.15) is 0 Å². The molecule has 0 fully saturated rings. The molecule has 1 N–H and O–H groups in total. The zero-order chi connectivity index (χ0) is 43.7. The zero-order valence-corrected chi connectivity index (χ0v) is 39.0. The molecule has 9 aromatic carbocycles. The smallest absolute Gasteiger partial charge is 0.124 e. The SMILES string of the molecule is C[Si](C)(C)c1ccc(N(c2ccccc2)c2ccc(-c3ccc(-c4ccc(-c5ccc(N(c6ccccc6)c6ccc([Si](C)(C)C)cc6)cc5)c5ccccc45)c(O)c3)cc2)cc1. The number of para-hydroxylation sites is 2. The Balaban J connectivity index is 1.00. The molecule has 63 heavy (non-hydrogen) atoms. The summed E-state index contributed by atoms with van der Waals surface area (Å²) < 4.78 is 0. The molecule has 0 bridgehead atoms. The van der Waals surface area contributed by atoms with Crippen LogP contribution < -0.4 is 20.2 Å². The molecule has 0 saturated heterocycles. The van der Waals surface area contributed by atoms with Gasteiger partial charge in [0.1, 0.15) is 5.75 Å². The third kappa shape index (κ3) is 8.63. The third-order valence-corrected chi connectivity index (χ3v) is 16.2. The zero-order valence-electron chi connectivity index (χ0n) is 37.0. The molecule has 9 aromatic rings. The Kier molecular flexibility index (Phi) is 11.2. The highest BCUT2D eigenvalue weighted by Gasteiger charge is 2.21. The number of fused-ring (bicyclic) bond motifs is 1. The molecule has 0 heterocycles. The largest absolute Gasteiger partial charge is 0.507 e. The van der Waals surface area contributed by atoms with Crippen LogP contribution in [0.25, 0.3) is 44.2 Å². The molecule has 0 spiro atoms. The number of hydrogen-bond donors (Lipinski definition) is 1. The quantitative estimate of drug-likeness (QED) is 0.131. The van der Waals surface area contributed by atoms with Crippen molar-refractivity contribution in [3.63, 3.8) is 0 Å². The number of benzene rings is 9. The first-order valence-electron chi connectivity index (χ1n) is 21.9. The minimum Gasteiger partial charge on any atom is -0.507 e. The molecular formula is C58H54N2OSi2. The summed E-state index contributed by atoms with van der Waals surface area (Å²) in [7, 11) is -2.85. The molecule has 0 aliphatic heterocycles. The predicted molar refractivity (Wildman–Crippen MR) is 277 cm³/mol. The van der Waals surface area contributed by atoms with Gasteiger partial charge in [-0.05, 0) is 117 Å². The molecule has 0 radical (unpaired) electrons. The first kappa shape index (κ1) is 41.4. The van der Waals surface area contributed by atoms with Crippen LogP contribution in [0.2, 0.25) is 39.3 Å². The van der Waals surface area contributed by atoms with Gasteiger partial charge in [0, 0.05) is 39.7 Å². The maximum Gasteiger partial charge on any atom is 0.124 e. The summed E-state index contributed by atoms with van der Waals surface area (Å²) in [5.74, 6) is 0.256. The lowest BCUT2D eigenvalue weighted by molar-refractivity contribution is 0.477. The van der Waals surface area contributed by atoms with E-state index in [-0.39, 0.29) is 5.75 Å². The molecule has 310 valence electrons. The van der Waals surface area contributed by atoms with Gasteiger partial charge >= 0.3 is 0 Å². The predicted octanol–water partition coefficient (Wildman–Crippen LogP) is 15.6. The number of hydrogen-bond acceptors (Lipinski definition) is 3. The molecular weight excluding hydrogens is 797 g/mol. The van der Waals surface area contributed by atoms with Gasteiger partial charge in [-0.1, -0.05) is 183 Å². The Morgan fingerprint density at radius 2 is 0.635 bits per heavy atom. The van der Waals surface area contributed by atoms with Crippen LogP contribution in [0.15, 0.2) is 212 Å². The van der Waals surface area contributed by atoms with Crippen molar-refractivity contribution in [3.8, 4) is 39.1 Å². The number of phenolic OH excluding ortho intramolecular Hbond substituents is 1. The van der Waals surface area contributed by atoms with E-state index >= 15 is 0 Å². The lowest BCUT2D eigenvalue weighted by atomic mass is 9.91. The maximum atomic E-state index is 11.7. The van der Waals surface area contributed by atoms with Crippen molar-refractivity contribution >= 4 is 71.4 Å². The number of anilines is 6. The lowest BCUT2D eigenvalue weighted by Crippen LogP contribution is -2.37. The first-order valence-corrected chi connectivity index (χ1v) is 28.9. The standard InChI is InChI=1S/C58H54N2OSi2/c1-62(2,3)51-34-30-49(31-35-51)59(45-15-9-7-10-16-45)47-26-21-42(22-27-47)44-25-38-57(58(61)41-44)56-40-39-53(54-19-13-14-20-55(54)56)43-23-28-48(29-24-43)60(46-17-11-8-12-18-46)50-32-36-52(37-33-50)63(4,5)6/h7-41,61H,1-6H3. The average molecular weight is 851 g/mol. The molecule has 0 amide bonds. The minimum atomic E-state index is -1.42. The van der Waals surface area contributed by atoms with Crippen LogP contribution >= 0.6 is 0 Å². The first-order chi connectivity index (χ1) is 30.4. The summed E-state index contributed by atoms with van der Waals surface area (Å²) in [6.07, 6.45) is 0. The van der Waals surface area contributed by atoms with Gasteiger partial charge < -0.3 is 14.9 Å². The molecule has 9 rings (SSSR count). The molecule has 3 nitrogen and oxygen atoms in total. The summed E-state index contributed by atoms with van der Waals surface area (Å²) in [4.78, 5) is 4.63. The van der Waals surface area contributed by atoms with E-state index in [4.69, 9.17) is 0 Å². The molecule has 0 unspecified atom stereocenters. The van der Waals surface area contributed by atoms with E-state index < -0.39 is 16.1 Å². The Bertz CT molecular complexity index is 2990. The van der Waals surface area contributed by atoms with E-state index in [1.165, 1.54) is 10.4 Å². The van der Waals surface area contributed by atoms with Crippen LogP contribution in [0, 0.1) is 0 Å². The summed E-state index contributed by atoms with van der Waals surface area (Å²) >= 11 is 0. The summed E-state index contributed by atoms with van der Waals surface area (Å²) in [5.41, 5.74) is 12.8. The van der Waals surface area contributed by atoms with E-state index in [2.05, 4.69) is 255 Å². The van der Waals surface area contributed by atoms with Crippen molar-refractivity contribution < 1.29 is 5.11 Å². The van der Waals surface area contributed by atoms with Crippen molar-refractivity contribution in [1.29, 1.82) is 0 Å². The second-order valence-corrected chi connectivity index (χ2v) is 28.6. The van der Waals surface area contributed by atoms with Crippen LogP contribution in [-0.2, 0) is 0 Å². The second kappa shape index (κ2) is 17.1. The van der Waals surface area contributed by atoms with Crippen molar-refractivity contribution in [2.45, 2.75) is 39.3 Å². The summed E-state index contributed by atoms with van der Waals surface area (Å²) in [6.45, 7) is 14.3. The van der Waals surface area contributed by atoms with E-state index in [9.17, 15) is 5.11 Å². The molecule has 5 heteroatoms. The summed E-state index contributed by atoms with van der Waals surface area (Å²) in [5, 5.41) is 16.8. The number of phenols is 1. The van der Waals surface area contributed by atoms with Gasteiger partial charge in [-0.15, -0.1) is 0 Å². The van der Waals surface area contributed by atoms with Crippen LogP contribution in [0.5, 0.6) is 5.75 Å². The van der Waals surface area contributed by atoms with Gasteiger partial charge in [0.25, 0.3) is 0 Å². The van der Waals surface area contributed by atoms with E-state index in [0.717, 1.165) is 78.3 Å². The van der Waals surface area contributed by atoms with Gasteiger partial charge in [0.2, 0.25) is 0 Å². The number of nitrogens with zero attached hydrogens (tertiary/aromatic N) is 2. The fourth-order valence-electron chi connectivity index (χ4n) is 8.59. The van der Waals surface area contributed by atoms with Gasteiger partial charge in [-0.25, -0.2) is 0 Å². The third-order valence-electron chi connectivity index (χ3n) is 12.1. The Labute approximate surface area is 375 Å². The lowest BCUT2D eigenvalue weighted by Gasteiger charge is -2.27. The fourth-order valence-corrected chi connectivity index (χ4v) is 10.9. The normalized spacial score (nSPS) is 11.7. The highest BCUT2D eigenvalue weighted by molar-refractivity contribution is 6.89. The number of aromatic hydroxyl groups is 1. The summed E-state index contributed by atoms with van der Waals surface area (Å²) in [6, 6.07) is 75.8. The van der Waals surface area contributed by atoms with E-state index in [1.54, 1.807) is 0 Å². The minimum absolute atomic E-state index is 0.256. The molecule has 0 saturated carbocycles. The van der Waals surface area contributed by atoms with Crippen LogP contribution in [-0.4, -0.2) is 21.3 Å².